The van der Waals surface area contributed by atoms with Crippen molar-refractivity contribution in [3.8, 4) is 11.8 Å². The highest BCUT2D eigenvalue weighted by atomic mass is 19.4. The van der Waals surface area contributed by atoms with Gasteiger partial charge in [-0.2, -0.15) is 23.5 Å². The summed E-state index contributed by atoms with van der Waals surface area (Å²) in [4.78, 5) is 14.1. The summed E-state index contributed by atoms with van der Waals surface area (Å²) in [6, 6.07) is 13.5. The SMILES string of the molecule is CN(Cc1cccc(C#N)c1)C(=O)c1cnn(-c2ccc(C(F)(F)F)cc2)c1. The van der Waals surface area contributed by atoms with Crippen molar-refractivity contribution >= 4 is 5.91 Å². The molecule has 0 saturated carbocycles. The average Bonchev–Trinajstić information content (AvgIpc) is 3.17. The third-order valence-electron chi connectivity index (χ3n) is 4.11. The topological polar surface area (TPSA) is 61.9 Å². The second-order valence-corrected chi connectivity index (χ2v) is 6.19. The number of rotatable bonds is 4. The van der Waals surface area contributed by atoms with Crippen molar-refractivity contribution in [3.05, 3.63) is 83.2 Å². The molecule has 0 aliphatic rings. The van der Waals surface area contributed by atoms with Crippen molar-refractivity contribution < 1.29 is 18.0 Å². The van der Waals surface area contributed by atoms with Crippen LogP contribution in [0.3, 0.4) is 0 Å². The molecule has 0 fully saturated rings. The van der Waals surface area contributed by atoms with E-state index in [1.807, 2.05) is 12.1 Å². The fraction of sp³-hybridized carbons (Fsp3) is 0.150. The van der Waals surface area contributed by atoms with E-state index in [1.165, 1.54) is 34.1 Å². The summed E-state index contributed by atoms with van der Waals surface area (Å²) >= 11 is 0. The Morgan fingerprint density at radius 2 is 1.93 bits per heavy atom. The predicted molar refractivity (Wildman–Crippen MR) is 95.5 cm³/mol. The Hall–Kier alpha value is -3.60. The lowest BCUT2D eigenvalue weighted by Crippen LogP contribution is -2.25. The number of benzene rings is 2. The average molecular weight is 384 g/mol. The highest BCUT2D eigenvalue weighted by Gasteiger charge is 2.30. The molecule has 0 spiro atoms. The van der Waals surface area contributed by atoms with Crippen LogP contribution in [-0.4, -0.2) is 27.6 Å². The van der Waals surface area contributed by atoms with Gasteiger partial charge < -0.3 is 4.90 Å². The number of carbonyl (C=O) groups is 1. The Labute approximate surface area is 159 Å². The molecule has 0 bridgehead atoms. The minimum atomic E-state index is -4.41. The Kier molecular flexibility index (Phi) is 5.18. The van der Waals surface area contributed by atoms with Gasteiger partial charge in [-0.25, -0.2) is 4.68 Å². The van der Waals surface area contributed by atoms with Gasteiger partial charge in [-0.1, -0.05) is 12.1 Å². The maximum Gasteiger partial charge on any atom is 0.416 e. The van der Waals surface area contributed by atoms with Crippen LogP contribution in [0.15, 0.2) is 60.9 Å². The molecule has 5 nitrogen and oxygen atoms in total. The molecule has 3 aromatic rings. The number of halogens is 3. The fourth-order valence-corrected chi connectivity index (χ4v) is 2.68. The Balaban J connectivity index is 1.73. The molecule has 0 aliphatic carbocycles. The first-order chi connectivity index (χ1) is 13.3. The normalized spacial score (nSPS) is 11.1. The van der Waals surface area contributed by atoms with Crippen LogP contribution in [0.1, 0.15) is 27.0 Å². The largest absolute Gasteiger partial charge is 0.416 e. The Morgan fingerprint density at radius 1 is 1.21 bits per heavy atom. The van der Waals surface area contributed by atoms with E-state index in [-0.39, 0.29) is 5.91 Å². The maximum absolute atomic E-state index is 12.7. The highest BCUT2D eigenvalue weighted by Crippen LogP contribution is 2.29. The van der Waals surface area contributed by atoms with Crippen molar-refractivity contribution in [2.45, 2.75) is 12.7 Å². The molecule has 0 saturated heterocycles. The zero-order valence-electron chi connectivity index (χ0n) is 14.8. The number of aromatic nitrogens is 2. The zero-order valence-corrected chi connectivity index (χ0v) is 14.8. The molecule has 0 radical (unpaired) electrons. The minimum Gasteiger partial charge on any atom is -0.337 e. The van der Waals surface area contributed by atoms with E-state index in [0.29, 0.717) is 23.4 Å². The minimum absolute atomic E-state index is 0.291. The molecule has 142 valence electrons. The summed E-state index contributed by atoms with van der Waals surface area (Å²) < 4.78 is 39.3. The molecule has 1 amide bonds. The van der Waals surface area contributed by atoms with Gasteiger partial charge in [0.15, 0.2) is 0 Å². The van der Waals surface area contributed by atoms with E-state index >= 15 is 0 Å². The van der Waals surface area contributed by atoms with Gasteiger partial charge in [-0.3, -0.25) is 4.79 Å². The van der Waals surface area contributed by atoms with E-state index in [2.05, 4.69) is 5.10 Å². The van der Waals surface area contributed by atoms with Crippen molar-refractivity contribution in [3.63, 3.8) is 0 Å². The molecular weight excluding hydrogens is 369 g/mol. The van der Waals surface area contributed by atoms with Gasteiger partial charge in [0, 0.05) is 19.8 Å². The summed E-state index contributed by atoms with van der Waals surface area (Å²) in [6.45, 7) is 0.305. The number of amides is 1. The first-order valence-corrected chi connectivity index (χ1v) is 8.25. The summed E-state index contributed by atoms with van der Waals surface area (Å²) in [7, 11) is 1.62. The van der Waals surface area contributed by atoms with Gasteiger partial charge in [-0.15, -0.1) is 0 Å². The number of hydrogen-bond donors (Lipinski definition) is 0. The first kappa shape index (κ1) is 19.2. The lowest BCUT2D eigenvalue weighted by atomic mass is 10.1. The smallest absolute Gasteiger partial charge is 0.337 e. The van der Waals surface area contributed by atoms with Crippen molar-refractivity contribution in [1.82, 2.24) is 14.7 Å². The molecule has 0 aliphatic heterocycles. The molecular formula is C20H15F3N4O. The van der Waals surface area contributed by atoms with Crippen LogP contribution in [0.4, 0.5) is 13.2 Å². The molecule has 28 heavy (non-hydrogen) atoms. The van der Waals surface area contributed by atoms with Gasteiger partial charge in [0.05, 0.1) is 34.6 Å². The van der Waals surface area contributed by atoms with Crippen LogP contribution >= 0.6 is 0 Å². The zero-order chi connectivity index (χ0) is 20.3. The second kappa shape index (κ2) is 7.56. The van der Waals surface area contributed by atoms with Gasteiger partial charge in [0.2, 0.25) is 0 Å². The number of nitrogens with zero attached hydrogens (tertiary/aromatic N) is 4. The number of carbonyl (C=O) groups excluding carboxylic acids is 1. The Bertz CT molecular complexity index is 1030. The van der Waals surface area contributed by atoms with Crippen molar-refractivity contribution in [2.75, 3.05) is 7.05 Å². The van der Waals surface area contributed by atoms with E-state index < -0.39 is 11.7 Å². The highest BCUT2D eigenvalue weighted by molar-refractivity contribution is 5.93. The lowest BCUT2D eigenvalue weighted by Gasteiger charge is -2.16. The summed E-state index contributed by atoms with van der Waals surface area (Å²) in [5, 5.41) is 13.0. The number of alkyl halides is 3. The third-order valence-corrected chi connectivity index (χ3v) is 4.11. The van der Waals surface area contributed by atoms with Crippen LogP contribution < -0.4 is 0 Å². The first-order valence-electron chi connectivity index (χ1n) is 8.25. The standard InChI is InChI=1S/C20H15F3N4O/c1-26(12-15-4-2-3-14(9-15)10-24)19(28)16-11-25-27(13-16)18-7-5-17(6-8-18)20(21,22)23/h2-9,11,13H,12H2,1H3. The van der Waals surface area contributed by atoms with Crippen molar-refractivity contribution in [2.24, 2.45) is 0 Å². The quantitative estimate of drug-likeness (QED) is 0.682. The van der Waals surface area contributed by atoms with Crippen molar-refractivity contribution in [1.29, 1.82) is 5.26 Å². The Morgan fingerprint density at radius 3 is 2.57 bits per heavy atom. The van der Waals surface area contributed by atoms with Gasteiger partial charge in [-0.05, 0) is 42.0 Å². The second-order valence-electron chi connectivity index (χ2n) is 6.19. The number of nitriles is 1. The van der Waals surface area contributed by atoms with E-state index in [1.54, 1.807) is 25.2 Å². The van der Waals surface area contributed by atoms with Gasteiger partial charge >= 0.3 is 6.18 Å². The molecule has 8 heteroatoms. The van der Waals surface area contributed by atoms with E-state index in [0.717, 1.165) is 17.7 Å². The molecule has 0 N–H and O–H groups in total. The fourth-order valence-electron chi connectivity index (χ4n) is 2.68. The predicted octanol–water partition coefficient (Wildman–Crippen LogP) is 4.03. The molecule has 3 rings (SSSR count). The number of hydrogen-bond acceptors (Lipinski definition) is 3. The van der Waals surface area contributed by atoms with Crippen LogP contribution in [-0.2, 0) is 12.7 Å². The van der Waals surface area contributed by atoms with Crippen LogP contribution in [0.25, 0.3) is 5.69 Å². The van der Waals surface area contributed by atoms with E-state index in [4.69, 9.17) is 5.26 Å². The van der Waals surface area contributed by atoms with Crippen LogP contribution in [0, 0.1) is 11.3 Å². The monoisotopic (exact) mass is 384 g/mol. The lowest BCUT2D eigenvalue weighted by molar-refractivity contribution is -0.137. The molecule has 1 heterocycles. The van der Waals surface area contributed by atoms with Gasteiger partial charge in [0.1, 0.15) is 0 Å². The molecule has 0 unspecified atom stereocenters. The molecule has 2 aromatic carbocycles. The molecule has 0 atom stereocenters. The third kappa shape index (κ3) is 4.20. The summed E-state index contributed by atoms with van der Waals surface area (Å²) in [6.07, 6.45) is -1.58. The van der Waals surface area contributed by atoms with Crippen LogP contribution in [0.2, 0.25) is 0 Å². The summed E-state index contributed by atoms with van der Waals surface area (Å²) in [5.74, 6) is -0.291. The van der Waals surface area contributed by atoms with Gasteiger partial charge in [0.25, 0.3) is 5.91 Å². The van der Waals surface area contributed by atoms with Crippen LogP contribution in [0.5, 0.6) is 0 Å². The molecule has 1 aromatic heterocycles. The maximum atomic E-state index is 12.7. The van der Waals surface area contributed by atoms with E-state index in [9.17, 15) is 18.0 Å². The summed E-state index contributed by atoms with van der Waals surface area (Å²) in [5.41, 5.74) is 1.29.